The summed E-state index contributed by atoms with van der Waals surface area (Å²) in [7, 11) is 0. The van der Waals surface area contributed by atoms with E-state index < -0.39 is 28.5 Å². The number of rotatable bonds is 4. The van der Waals surface area contributed by atoms with Crippen LogP contribution in [-0.2, 0) is 29.1 Å². The number of aryl methyl sites for hydroxylation is 1. The normalized spacial score (nSPS) is 30.2. The van der Waals surface area contributed by atoms with Gasteiger partial charge in [0.05, 0.1) is 24.6 Å². The topological polar surface area (TPSA) is 90.2 Å². The van der Waals surface area contributed by atoms with Crippen LogP contribution in [0, 0.1) is 0 Å². The van der Waals surface area contributed by atoms with Crippen LogP contribution in [0.3, 0.4) is 0 Å². The van der Waals surface area contributed by atoms with Gasteiger partial charge in [-0.2, -0.15) is 0 Å². The Bertz CT molecular complexity index is 1090. The lowest BCUT2D eigenvalue weighted by Crippen LogP contribution is -2.58. The van der Waals surface area contributed by atoms with Crippen molar-refractivity contribution in [3.05, 3.63) is 69.6 Å². The fraction of sp³-hybridized carbons (Fsp3) is 0.417. The Balaban J connectivity index is 1.55. The van der Waals surface area contributed by atoms with Crippen LogP contribution in [0.25, 0.3) is 10.1 Å². The number of hydrogen-bond donors (Lipinski definition) is 4. The van der Waals surface area contributed by atoms with Gasteiger partial charge in [0.25, 0.3) is 0 Å². The minimum absolute atomic E-state index is 0.310. The molecule has 4 N–H and O–H groups in total. The van der Waals surface area contributed by atoms with E-state index >= 15 is 0 Å². The van der Waals surface area contributed by atoms with E-state index in [1.165, 1.54) is 28.5 Å². The molecule has 2 aliphatic rings. The average molecular weight is 459 g/mol. The van der Waals surface area contributed by atoms with Gasteiger partial charge in [0.15, 0.2) is 4.93 Å². The molecule has 7 heteroatoms. The lowest BCUT2D eigenvalue weighted by atomic mass is 9.91. The maximum atomic E-state index is 10.9. The molecule has 0 aliphatic carbocycles. The first kappa shape index (κ1) is 21.4. The van der Waals surface area contributed by atoms with E-state index in [1.54, 1.807) is 11.3 Å². The zero-order valence-electron chi connectivity index (χ0n) is 17.2. The van der Waals surface area contributed by atoms with Crippen LogP contribution >= 0.6 is 23.1 Å². The van der Waals surface area contributed by atoms with Crippen molar-refractivity contribution in [2.45, 2.75) is 54.9 Å². The van der Waals surface area contributed by atoms with Crippen LogP contribution in [0.2, 0.25) is 0 Å². The van der Waals surface area contributed by atoms with E-state index in [4.69, 9.17) is 4.74 Å². The van der Waals surface area contributed by atoms with Crippen molar-refractivity contribution < 1.29 is 25.2 Å². The fourth-order valence-electron chi connectivity index (χ4n) is 4.61. The summed E-state index contributed by atoms with van der Waals surface area (Å²) in [5, 5.41) is 44.0. The van der Waals surface area contributed by atoms with Crippen LogP contribution in [0.5, 0.6) is 0 Å². The predicted octanol–water partition coefficient (Wildman–Crippen LogP) is 2.93. The van der Waals surface area contributed by atoms with Crippen LogP contribution in [0.4, 0.5) is 0 Å². The zero-order chi connectivity index (χ0) is 21.8. The first-order valence-corrected chi connectivity index (χ1v) is 12.3. The van der Waals surface area contributed by atoms with Crippen molar-refractivity contribution in [3.63, 3.8) is 0 Å². The molecule has 3 heterocycles. The molecule has 1 fully saturated rings. The number of thioether (sulfide) groups is 1. The maximum absolute atomic E-state index is 10.9. The Morgan fingerprint density at radius 3 is 2.52 bits per heavy atom. The number of benzene rings is 2. The van der Waals surface area contributed by atoms with Crippen LogP contribution in [0.1, 0.15) is 34.7 Å². The van der Waals surface area contributed by atoms with Gasteiger partial charge in [-0.3, -0.25) is 0 Å². The predicted molar refractivity (Wildman–Crippen MR) is 123 cm³/mol. The van der Waals surface area contributed by atoms with Crippen LogP contribution in [0.15, 0.2) is 41.8 Å². The SMILES string of the molecule is CCc1ccc(Cc2csc3cc4c(cc23)[C@]2(OC4)S[C@H](CO)[C@@H](O)[C@H](O)[C@H]2O)cc1. The first-order chi connectivity index (χ1) is 15.0. The lowest BCUT2D eigenvalue weighted by molar-refractivity contribution is -0.147. The molecular formula is C24H26O5S2. The number of ether oxygens (including phenoxy) is 1. The van der Waals surface area contributed by atoms with Gasteiger partial charge >= 0.3 is 0 Å². The van der Waals surface area contributed by atoms with Crippen molar-refractivity contribution in [1.29, 1.82) is 0 Å². The van der Waals surface area contributed by atoms with Crippen molar-refractivity contribution >= 4 is 33.2 Å². The van der Waals surface area contributed by atoms with Gasteiger partial charge in [-0.25, -0.2) is 0 Å². The van der Waals surface area contributed by atoms with E-state index in [0.717, 1.165) is 34.1 Å². The number of aliphatic hydroxyl groups is 4. The Hall–Kier alpha value is -1.45. The third-order valence-electron chi connectivity index (χ3n) is 6.47. The number of aliphatic hydroxyl groups excluding tert-OH is 4. The molecule has 0 radical (unpaired) electrons. The molecule has 5 atom stereocenters. The molecule has 0 bridgehead atoms. The van der Waals surface area contributed by atoms with Gasteiger partial charge in [0.2, 0.25) is 0 Å². The minimum atomic E-state index is -1.39. The summed E-state index contributed by atoms with van der Waals surface area (Å²) in [4.78, 5) is -1.20. The van der Waals surface area contributed by atoms with E-state index in [0.29, 0.717) is 6.61 Å². The molecule has 2 aliphatic heterocycles. The molecule has 0 saturated carbocycles. The van der Waals surface area contributed by atoms with E-state index in [2.05, 4.69) is 48.7 Å². The second kappa shape index (κ2) is 8.15. The second-order valence-electron chi connectivity index (χ2n) is 8.33. The third kappa shape index (κ3) is 3.43. The minimum Gasteiger partial charge on any atom is -0.395 e. The van der Waals surface area contributed by atoms with Crippen molar-refractivity contribution in [3.8, 4) is 0 Å². The Morgan fingerprint density at radius 1 is 1.06 bits per heavy atom. The Labute approximate surface area is 189 Å². The smallest absolute Gasteiger partial charge is 0.168 e. The number of hydrogen-bond acceptors (Lipinski definition) is 7. The standard InChI is InChI=1S/C24H26O5S2/c1-2-13-3-5-14(6-4-13)7-16-12-30-19-8-15-11-29-24(18(15)9-17(16)19)23(28)22(27)21(26)20(10-25)31-24/h3-6,8-9,12,20-23,25-28H,2,7,10-11H2,1H3/t20-,21-,22+,23-,24+/m1/s1. The summed E-state index contributed by atoms with van der Waals surface area (Å²) in [5.74, 6) is 0. The van der Waals surface area contributed by atoms with Crippen molar-refractivity contribution in [2.24, 2.45) is 0 Å². The highest BCUT2D eigenvalue weighted by Crippen LogP contribution is 2.55. The molecule has 1 saturated heterocycles. The first-order valence-electron chi connectivity index (χ1n) is 10.5. The Morgan fingerprint density at radius 2 is 1.81 bits per heavy atom. The van der Waals surface area contributed by atoms with Crippen molar-refractivity contribution in [2.75, 3.05) is 6.61 Å². The summed E-state index contributed by atoms with van der Waals surface area (Å²) in [6.45, 7) is 2.16. The quantitative estimate of drug-likeness (QED) is 0.481. The van der Waals surface area contributed by atoms with Crippen molar-refractivity contribution in [1.82, 2.24) is 0 Å². The highest BCUT2D eigenvalue weighted by Gasteiger charge is 2.57. The lowest BCUT2D eigenvalue weighted by Gasteiger charge is -2.45. The third-order valence-corrected chi connectivity index (χ3v) is 9.13. The molecule has 5 rings (SSSR count). The average Bonchev–Trinajstić information content (AvgIpc) is 3.35. The molecule has 0 unspecified atom stereocenters. The molecule has 1 spiro atoms. The molecule has 5 nitrogen and oxygen atoms in total. The molecule has 164 valence electrons. The Kier molecular flexibility index (Phi) is 5.63. The van der Waals surface area contributed by atoms with Crippen LogP contribution < -0.4 is 0 Å². The van der Waals surface area contributed by atoms with Gasteiger partial charge in [-0.1, -0.05) is 31.2 Å². The summed E-state index contributed by atoms with van der Waals surface area (Å²) in [6.07, 6.45) is -2.07. The number of thiophene rings is 1. The maximum Gasteiger partial charge on any atom is 0.168 e. The van der Waals surface area contributed by atoms with Gasteiger partial charge < -0.3 is 25.2 Å². The fourth-order valence-corrected chi connectivity index (χ4v) is 7.16. The van der Waals surface area contributed by atoms with E-state index in [-0.39, 0.29) is 6.61 Å². The highest BCUT2D eigenvalue weighted by molar-refractivity contribution is 8.00. The van der Waals surface area contributed by atoms with Gasteiger partial charge in [-0.15, -0.1) is 23.1 Å². The second-order valence-corrected chi connectivity index (χ2v) is 10.7. The molecule has 31 heavy (non-hydrogen) atoms. The van der Waals surface area contributed by atoms with Gasteiger partial charge in [-0.05, 0) is 58.0 Å². The zero-order valence-corrected chi connectivity index (χ0v) is 18.8. The van der Waals surface area contributed by atoms with Crippen LogP contribution in [-0.4, -0.2) is 50.6 Å². The summed E-state index contributed by atoms with van der Waals surface area (Å²) in [5.41, 5.74) is 5.57. The molecule has 2 aromatic carbocycles. The summed E-state index contributed by atoms with van der Waals surface area (Å²) < 4.78 is 7.24. The largest absolute Gasteiger partial charge is 0.395 e. The number of fused-ring (bicyclic) bond motifs is 3. The van der Waals surface area contributed by atoms with Gasteiger partial charge in [0.1, 0.15) is 12.2 Å². The summed E-state index contributed by atoms with van der Waals surface area (Å²) >= 11 is 2.89. The van der Waals surface area contributed by atoms with E-state index in [1.807, 2.05) is 0 Å². The molecular weight excluding hydrogens is 432 g/mol. The molecule has 1 aromatic heterocycles. The van der Waals surface area contributed by atoms with Gasteiger partial charge in [0, 0.05) is 10.3 Å². The van der Waals surface area contributed by atoms with E-state index in [9.17, 15) is 20.4 Å². The molecule has 0 amide bonds. The highest BCUT2D eigenvalue weighted by atomic mass is 32.2. The summed E-state index contributed by atoms with van der Waals surface area (Å²) in [6, 6.07) is 12.9. The molecule has 3 aromatic rings. The monoisotopic (exact) mass is 458 g/mol.